The van der Waals surface area contributed by atoms with Crippen LogP contribution in [0, 0.1) is 0 Å². The molecular formula is C27H50O5Si. The average molecular weight is 483 g/mol. The number of benzene rings is 1. The molecule has 0 aliphatic heterocycles. The largest absolute Gasteiger partial charge is 0.541 e. The van der Waals surface area contributed by atoms with E-state index in [1.165, 1.54) is 0 Å². The maximum absolute atomic E-state index is 6.59. The van der Waals surface area contributed by atoms with E-state index in [2.05, 4.69) is 62.3 Å². The summed E-state index contributed by atoms with van der Waals surface area (Å²) < 4.78 is 32.4. The van der Waals surface area contributed by atoms with Crippen molar-refractivity contribution in [1.29, 1.82) is 0 Å². The van der Waals surface area contributed by atoms with E-state index in [-0.39, 0.29) is 11.2 Å². The van der Waals surface area contributed by atoms with Crippen molar-refractivity contribution >= 4 is 14.0 Å². The molecule has 0 saturated heterocycles. The minimum absolute atomic E-state index is 0.265. The Bertz CT molecular complexity index is 653. The highest BCUT2D eigenvalue weighted by molar-refractivity contribution is 6.76. The molecule has 0 heterocycles. The van der Waals surface area contributed by atoms with Gasteiger partial charge >= 0.3 is 8.80 Å². The molecule has 0 unspecified atom stereocenters. The van der Waals surface area contributed by atoms with Gasteiger partial charge in [0.25, 0.3) is 0 Å². The molecule has 1 aromatic rings. The Morgan fingerprint density at radius 3 is 1.52 bits per heavy atom. The highest BCUT2D eigenvalue weighted by Crippen LogP contribution is 2.30. The molecule has 0 amide bonds. The number of hydrogen-bond acceptors (Lipinski definition) is 5. The fourth-order valence-electron chi connectivity index (χ4n) is 3.89. The van der Waals surface area contributed by atoms with Crippen LogP contribution in [0.25, 0.3) is 0 Å². The van der Waals surface area contributed by atoms with Crippen molar-refractivity contribution in [3.05, 3.63) is 18.2 Å². The summed E-state index contributed by atoms with van der Waals surface area (Å²) in [6, 6.07) is 6.05. The van der Waals surface area contributed by atoms with Gasteiger partial charge in [-0.25, -0.2) is 0 Å². The van der Waals surface area contributed by atoms with Gasteiger partial charge in [-0.1, -0.05) is 47.5 Å². The third-order valence-corrected chi connectivity index (χ3v) is 8.06. The van der Waals surface area contributed by atoms with Crippen LogP contribution in [0.3, 0.4) is 0 Å². The van der Waals surface area contributed by atoms with Gasteiger partial charge in [-0.15, -0.1) is 0 Å². The zero-order valence-corrected chi connectivity index (χ0v) is 23.8. The maximum atomic E-state index is 6.59. The van der Waals surface area contributed by atoms with Gasteiger partial charge in [-0.05, 0) is 78.0 Å². The smallest absolute Gasteiger partial charge is 0.488 e. The predicted molar refractivity (Wildman–Crippen MR) is 140 cm³/mol. The number of rotatable bonds is 18. The van der Waals surface area contributed by atoms with Crippen molar-refractivity contribution in [2.75, 3.05) is 19.8 Å². The first-order valence-corrected chi connectivity index (χ1v) is 14.8. The minimum atomic E-state index is -3.23. The number of ether oxygens (including phenoxy) is 2. The van der Waals surface area contributed by atoms with Gasteiger partial charge in [0.1, 0.15) is 22.7 Å². The maximum Gasteiger partial charge on any atom is 0.541 e. The Balaban J connectivity index is 3.61. The van der Waals surface area contributed by atoms with E-state index in [0.717, 1.165) is 61.6 Å². The number of hydrogen-bond donors (Lipinski definition) is 0. The van der Waals surface area contributed by atoms with Gasteiger partial charge in [0.15, 0.2) is 0 Å². The van der Waals surface area contributed by atoms with Gasteiger partial charge in [-0.3, -0.25) is 0 Å². The van der Waals surface area contributed by atoms with Crippen molar-refractivity contribution < 1.29 is 22.8 Å². The predicted octanol–water partition coefficient (Wildman–Crippen LogP) is 7.03. The van der Waals surface area contributed by atoms with Crippen molar-refractivity contribution in [2.45, 2.75) is 118 Å². The van der Waals surface area contributed by atoms with Gasteiger partial charge in [0.2, 0.25) is 0 Å². The minimum Gasteiger partial charge on any atom is -0.488 e. The van der Waals surface area contributed by atoms with Crippen LogP contribution in [-0.4, -0.2) is 39.8 Å². The monoisotopic (exact) mass is 482 g/mol. The summed E-state index contributed by atoms with van der Waals surface area (Å²) in [6.07, 6.45) is 6.68. The molecule has 1 rings (SSSR count). The first kappa shape index (κ1) is 29.9. The second-order valence-electron chi connectivity index (χ2n) is 9.98. The second kappa shape index (κ2) is 14.3. The molecule has 0 spiro atoms. The lowest BCUT2D eigenvalue weighted by Crippen LogP contribution is -2.58. The Morgan fingerprint density at radius 1 is 0.636 bits per heavy atom. The molecule has 6 heteroatoms. The van der Waals surface area contributed by atoms with Gasteiger partial charge in [0.05, 0.1) is 5.19 Å². The SMILES string of the molecule is CCCO[Si](OCCC)(OCCC)c1cc(OC(C)(C)CCC)ccc1OC(C)(C)CCC. The lowest BCUT2D eigenvalue weighted by Gasteiger charge is -2.34. The van der Waals surface area contributed by atoms with E-state index >= 15 is 0 Å². The third kappa shape index (κ3) is 9.97. The van der Waals surface area contributed by atoms with E-state index in [1.54, 1.807) is 0 Å². The van der Waals surface area contributed by atoms with E-state index in [4.69, 9.17) is 22.8 Å². The fourth-order valence-corrected chi connectivity index (χ4v) is 6.78. The molecule has 0 aromatic heterocycles. The summed E-state index contributed by atoms with van der Waals surface area (Å²) in [4.78, 5) is 0. The van der Waals surface area contributed by atoms with Crippen molar-refractivity contribution in [1.82, 2.24) is 0 Å². The third-order valence-electron chi connectivity index (χ3n) is 5.25. The van der Waals surface area contributed by atoms with Crippen LogP contribution in [0.15, 0.2) is 18.2 Å². The lowest BCUT2D eigenvalue weighted by molar-refractivity contribution is 0.0681. The summed E-state index contributed by atoms with van der Waals surface area (Å²) in [5, 5.41) is 0.867. The van der Waals surface area contributed by atoms with Crippen LogP contribution in [0.1, 0.15) is 107 Å². The average Bonchev–Trinajstić information content (AvgIpc) is 2.74. The molecule has 0 atom stereocenters. The van der Waals surface area contributed by atoms with Crippen LogP contribution in [0.2, 0.25) is 0 Å². The standard InChI is InChI=1S/C27H50O5Si/c1-10-17-26(6,7)31-23-15-16-24(32-27(8,9)18-11-2)25(22-23)33(28-19-12-3,29-20-13-4)30-21-14-5/h15-16,22H,10-14,17-21H2,1-9H3. The van der Waals surface area contributed by atoms with E-state index in [9.17, 15) is 0 Å². The van der Waals surface area contributed by atoms with Crippen LogP contribution in [0.5, 0.6) is 11.5 Å². The molecule has 0 bridgehead atoms. The van der Waals surface area contributed by atoms with Crippen molar-refractivity contribution in [3.8, 4) is 11.5 Å². The Hall–Kier alpha value is -1.08. The molecule has 0 aliphatic carbocycles. The lowest BCUT2D eigenvalue weighted by atomic mass is 10.0. The molecule has 33 heavy (non-hydrogen) atoms. The van der Waals surface area contributed by atoms with Crippen LogP contribution in [-0.2, 0) is 13.3 Å². The van der Waals surface area contributed by atoms with E-state index in [1.807, 2.05) is 18.2 Å². The molecule has 5 nitrogen and oxygen atoms in total. The highest BCUT2D eigenvalue weighted by atomic mass is 28.4. The Labute approximate surface area is 204 Å². The topological polar surface area (TPSA) is 46.2 Å². The van der Waals surface area contributed by atoms with Gasteiger partial charge in [-0.2, -0.15) is 0 Å². The first-order chi connectivity index (χ1) is 15.6. The fraction of sp³-hybridized carbons (Fsp3) is 0.778. The normalized spacial score (nSPS) is 12.8. The quantitative estimate of drug-likeness (QED) is 0.210. The molecule has 0 radical (unpaired) electrons. The molecule has 0 fully saturated rings. The molecule has 0 saturated carbocycles. The summed E-state index contributed by atoms with van der Waals surface area (Å²) in [5.74, 6) is 1.56. The van der Waals surface area contributed by atoms with E-state index in [0.29, 0.717) is 19.8 Å². The Kier molecular flexibility index (Phi) is 13.0. The molecule has 0 N–H and O–H groups in total. The summed E-state index contributed by atoms with van der Waals surface area (Å²) >= 11 is 0. The molecule has 192 valence electrons. The Morgan fingerprint density at radius 2 is 1.09 bits per heavy atom. The summed E-state index contributed by atoms with van der Waals surface area (Å²) in [7, 11) is -3.23. The zero-order valence-electron chi connectivity index (χ0n) is 22.8. The van der Waals surface area contributed by atoms with Crippen LogP contribution in [0.4, 0.5) is 0 Å². The zero-order chi connectivity index (χ0) is 25.0. The first-order valence-electron chi connectivity index (χ1n) is 13.0. The molecular weight excluding hydrogens is 432 g/mol. The van der Waals surface area contributed by atoms with Crippen LogP contribution >= 0.6 is 0 Å². The van der Waals surface area contributed by atoms with Gasteiger partial charge in [0, 0.05) is 19.8 Å². The highest BCUT2D eigenvalue weighted by Gasteiger charge is 2.47. The summed E-state index contributed by atoms with van der Waals surface area (Å²) in [5.41, 5.74) is -0.577. The van der Waals surface area contributed by atoms with Crippen molar-refractivity contribution in [2.24, 2.45) is 0 Å². The molecule has 0 aliphatic rings. The van der Waals surface area contributed by atoms with Gasteiger partial charge < -0.3 is 22.8 Å². The van der Waals surface area contributed by atoms with Crippen LogP contribution < -0.4 is 14.7 Å². The second-order valence-corrected chi connectivity index (χ2v) is 12.5. The van der Waals surface area contributed by atoms with Crippen molar-refractivity contribution in [3.63, 3.8) is 0 Å². The molecule has 1 aromatic carbocycles. The van der Waals surface area contributed by atoms with E-state index < -0.39 is 8.80 Å². The summed E-state index contributed by atoms with van der Waals surface area (Å²) in [6.45, 7) is 20.9.